The summed E-state index contributed by atoms with van der Waals surface area (Å²) in [7, 11) is 0. The Hall–Kier alpha value is -3.92. The van der Waals surface area contributed by atoms with E-state index in [0.29, 0.717) is 17.0 Å². The molecular weight excluding hydrogens is 452 g/mol. The molecule has 3 rings (SSSR count). The first kappa shape index (κ1) is 25.7. The van der Waals surface area contributed by atoms with Crippen LogP contribution in [0.15, 0.2) is 78.9 Å². The molecule has 0 saturated carbocycles. The third-order valence-corrected chi connectivity index (χ3v) is 5.01. The maximum absolute atomic E-state index is 13.0. The molecule has 2 atom stereocenters. The van der Waals surface area contributed by atoms with E-state index >= 15 is 0 Å². The summed E-state index contributed by atoms with van der Waals surface area (Å²) in [6.45, 7) is 1.97. The van der Waals surface area contributed by atoms with Gasteiger partial charge in [-0.1, -0.05) is 48.5 Å². The van der Waals surface area contributed by atoms with Gasteiger partial charge in [0.25, 0.3) is 5.91 Å². The molecule has 0 fully saturated rings. The lowest BCUT2D eigenvalue weighted by molar-refractivity contribution is -0.124. The van der Waals surface area contributed by atoms with Gasteiger partial charge in [0, 0.05) is 18.1 Å². The van der Waals surface area contributed by atoms with E-state index in [1.54, 1.807) is 37.3 Å². The maximum Gasteiger partial charge on any atom is 0.412 e. The summed E-state index contributed by atoms with van der Waals surface area (Å²) in [4.78, 5) is 24.6. The number of ether oxygens (including phenoxy) is 3. The summed E-state index contributed by atoms with van der Waals surface area (Å²) in [5.74, 6) is -0.291. The summed E-state index contributed by atoms with van der Waals surface area (Å²) in [5, 5.41) is 22.5. The Morgan fingerprint density at radius 2 is 1.83 bits per heavy atom. The largest absolute Gasteiger partial charge is 0.491 e. The first-order valence-corrected chi connectivity index (χ1v) is 11.1. The molecule has 9 nitrogen and oxygen atoms in total. The van der Waals surface area contributed by atoms with E-state index in [1.807, 2.05) is 36.4 Å². The maximum atomic E-state index is 13.0. The fraction of sp³-hybridized carbons (Fsp3) is 0.231. The Bertz CT molecular complexity index is 1160. The highest BCUT2D eigenvalue weighted by Crippen LogP contribution is 2.29. The number of aliphatic hydroxyl groups is 1. The van der Waals surface area contributed by atoms with Crippen molar-refractivity contribution in [3.63, 3.8) is 0 Å². The van der Waals surface area contributed by atoms with E-state index < -0.39 is 24.2 Å². The smallest absolute Gasteiger partial charge is 0.412 e. The lowest BCUT2D eigenvalue weighted by Crippen LogP contribution is -2.28. The monoisotopic (exact) mass is 480 g/mol. The lowest BCUT2D eigenvalue weighted by atomic mass is 10.0. The third-order valence-electron chi connectivity index (χ3n) is 5.01. The Labute approximate surface area is 202 Å². The number of aliphatic hydroxyl groups excluding tert-OH is 1. The highest BCUT2D eigenvalue weighted by Gasteiger charge is 2.27. The topological polar surface area (TPSA) is 126 Å². The summed E-state index contributed by atoms with van der Waals surface area (Å²) in [6, 6.07) is 20.0. The Morgan fingerprint density at radius 1 is 1.06 bits per heavy atom. The molecule has 0 aliphatic rings. The van der Waals surface area contributed by atoms with Crippen molar-refractivity contribution in [1.82, 2.24) is 5.48 Å². The summed E-state index contributed by atoms with van der Waals surface area (Å²) >= 11 is 0. The van der Waals surface area contributed by atoms with Crippen LogP contribution >= 0.6 is 0 Å². The molecule has 184 valence electrons. The van der Waals surface area contributed by atoms with Crippen LogP contribution in [0.5, 0.6) is 5.75 Å². The summed E-state index contributed by atoms with van der Waals surface area (Å²) < 4.78 is 17.1. The minimum Gasteiger partial charge on any atom is -0.491 e. The molecule has 3 aromatic rings. The van der Waals surface area contributed by atoms with Gasteiger partial charge in [0.05, 0.1) is 12.3 Å². The predicted octanol–water partition coefficient (Wildman–Crippen LogP) is 3.97. The molecule has 0 aliphatic heterocycles. The van der Waals surface area contributed by atoms with Gasteiger partial charge in [-0.2, -0.15) is 0 Å². The molecule has 0 radical (unpaired) electrons. The van der Waals surface area contributed by atoms with E-state index in [0.717, 1.165) is 16.8 Å². The first-order valence-electron chi connectivity index (χ1n) is 11.1. The van der Waals surface area contributed by atoms with Crippen LogP contribution in [0.25, 0.3) is 10.8 Å². The molecule has 0 spiro atoms. The molecule has 2 amide bonds. The number of benzene rings is 3. The van der Waals surface area contributed by atoms with Crippen LogP contribution in [0.3, 0.4) is 0 Å². The second-order valence-corrected chi connectivity index (χ2v) is 7.38. The number of hydrogen-bond donors (Lipinski definition) is 4. The van der Waals surface area contributed by atoms with Gasteiger partial charge in [-0.3, -0.25) is 15.3 Å². The average Bonchev–Trinajstić information content (AvgIpc) is 2.88. The van der Waals surface area contributed by atoms with E-state index in [-0.39, 0.29) is 19.8 Å². The Morgan fingerprint density at radius 3 is 2.60 bits per heavy atom. The fourth-order valence-corrected chi connectivity index (χ4v) is 3.51. The first-order chi connectivity index (χ1) is 17.0. The van der Waals surface area contributed by atoms with Crippen LogP contribution in [0, 0.1) is 0 Å². The molecular formula is C26H28N2O7. The minimum absolute atomic E-state index is 0.0992. The van der Waals surface area contributed by atoms with Gasteiger partial charge in [-0.25, -0.2) is 10.3 Å². The fourth-order valence-electron chi connectivity index (χ4n) is 3.51. The average molecular weight is 481 g/mol. The standard InChI is InChI=1S/C26H28N2O7/c1-2-33-23(13-14-24(30)28-32)25(19-9-5-10-20(17-19)34-16-15-29)35-26(31)27-22-12-6-8-18-7-3-4-11-21(18)22/h3-14,17,23,25,29,32H,2,15-16H2,1H3,(H,27,31)(H,28,30)/b14-13+/t23-,25-/m0/s1. The van der Waals surface area contributed by atoms with Gasteiger partial charge < -0.3 is 19.3 Å². The molecule has 3 aromatic carbocycles. The van der Waals surface area contributed by atoms with Crippen LogP contribution in [0.1, 0.15) is 18.6 Å². The zero-order valence-electron chi connectivity index (χ0n) is 19.2. The SMILES string of the molecule is CCO[C@@H](/C=C/C(=O)NO)[C@@H](OC(=O)Nc1cccc2ccccc12)c1cccc(OCCO)c1. The second-order valence-electron chi connectivity index (χ2n) is 7.38. The van der Waals surface area contributed by atoms with Crippen molar-refractivity contribution in [3.05, 3.63) is 84.4 Å². The van der Waals surface area contributed by atoms with Gasteiger partial charge in [0.15, 0.2) is 6.10 Å². The van der Waals surface area contributed by atoms with Gasteiger partial charge in [0.2, 0.25) is 0 Å². The van der Waals surface area contributed by atoms with E-state index in [4.69, 9.17) is 24.5 Å². The van der Waals surface area contributed by atoms with Crippen LogP contribution in [-0.4, -0.2) is 48.2 Å². The van der Waals surface area contributed by atoms with Gasteiger partial charge in [0.1, 0.15) is 18.5 Å². The molecule has 9 heteroatoms. The number of fused-ring (bicyclic) bond motifs is 1. The highest BCUT2D eigenvalue weighted by atomic mass is 16.6. The number of anilines is 1. The number of carbonyl (C=O) groups is 2. The third kappa shape index (κ3) is 7.28. The van der Waals surface area contributed by atoms with Crippen molar-refractivity contribution < 1.29 is 34.1 Å². The Balaban J connectivity index is 1.91. The van der Waals surface area contributed by atoms with E-state index in [9.17, 15) is 9.59 Å². The van der Waals surface area contributed by atoms with Crippen LogP contribution < -0.4 is 15.5 Å². The van der Waals surface area contributed by atoms with Crippen molar-refractivity contribution in [2.45, 2.75) is 19.1 Å². The number of rotatable bonds is 11. The molecule has 35 heavy (non-hydrogen) atoms. The van der Waals surface area contributed by atoms with Crippen LogP contribution in [-0.2, 0) is 14.3 Å². The van der Waals surface area contributed by atoms with Gasteiger partial charge >= 0.3 is 6.09 Å². The van der Waals surface area contributed by atoms with Crippen molar-refractivity contribution in [2.24, 2.45) is 0 Å². The number of amides is 2. The van der Waals surface area contributed by atoms with Crippen LogP contribution in [0.4, 0.5) is 10.5 Å². The number of carbonyl (C=O) groups excluding carboxylic acids is 2. The van der Waals surface area contributed by atoms with Crippen molar-refractivity contribution >= 4 is 28.5 Å². The van der Waals surface area contributed by atoms with Crippen molar-refractivity contribution in [1.29, 1.82) is 0 Å². The summed E-state index contributed by atoms with van der Waals surface area (Å²) in [5.41, 5.74) is 2.64. The molecule has 0 heterocycles. The lowest BCUT2D eigenvalue weighted by Gasteiger charge is -2.26. The van der Waals surface area contributed by atoms with Crippen molar-refractivity contribution in [2.75, 3.05) is 25.1 Å². The van der Waals surface area contributed by atoms with Crippen LogP contribution in [0.2, 0.25) is 0 Å². The quantitative estimate of drug-likeness (QED) is 0.186. The number of hydrogen-bond acceptors (Lipinski definition) is 7. The molecule has 0 unspecified atom stereocenters. The molecule has 0 bridgehead atoms. The number of nitrogens with one attached hydrogen (secondary N) is 2. The zero-order chi connectivity index (χ0) is 25.0. The Kier molecular flexibility index (Phi) is 9.61. The van der Waals surface area contributed by atoms with E-state index in [1.165, 1.54) is 11.6 Å². The van der Waals surface area contributed by atoms with Crippen molar-refractivity contribution in [3.8, 4) is 5.75 Å². The van der Waals surface area contributed by atoms with Gasteiger partial charge in [-0.05, 0) is 42.1 Å². The molecule has 4 N–H and O–H groups in total. The molecule has 0 aromatic heterocycles. The summed E-state index contributed by atoms with van der Waals surface area (Å²) in [6.07, 6.45) is -0.0656. The predicted molar refractivity (Wildman–Crippen MR) is 130 cm³/mol. The minimum atomic E-state index is -0.967. The number of hydroxylamine groups is 1. The normalized spacial score (nSPS) is 12.8. The molecule has 0 saturated heterocycles. The molecule has 0 aliphatic carbocycles. The second kappa shape index (κ2) is 13.1. The van der Waals surface area contributed by atoms with E-state index in [2.05, 4.69) is 5.32 Å². The zero-order valence-corrected chi connectivity index (χ0v) is 19.2. The highest BCUT2D eigenvalue weighted by molar-refractivity contribution is 6.00. The van der Waals surface area contributed by atoms with Gasteiger partial charge in [-0.15, -0.1) is 0 Å².